The number of nitrogens with zero attached hydrogens (tertiary/aromatic N) is 1. The van der Waals surface area contributed by atoms with Crippen LogP contribution in [0.1, 0.15) is 98.3 Å². The van der Waals surface area contributed by atoms with Crippen molar-refractivity contribution < 1.29 is 29.4 Å². The SMILES string of the molecule is C#C[C@]1(O)CC[C@@H]2[C@@H]3CCC4=CC(=NOCC(=O)N[C@H](CC(=O)O)[C@H]5CCOC(C)(C)C5)CC[C@]4(C)[C@H]3CC[C@@]21C. The van der Waals surface area contributed by atoms with Crippen LogP contribution in [-0.4, -0.2) is 58.3 Å². The molecule has 1 saturated heterocycles. The minimum Gasteiger partial charge on any atom is -0.481 e. The number of hydrogen-bond donors (Lipinski definition) is 3. The molecule has 5 aliphatic rings. The molecule has 226 valence electrons. The zero-order valence-corrected chi connectivity index (χ0v) is 25.2. The second-order valence-electron chi connectivity index (χ2n) is 14.5. The van der Waals surface area contributed by atoms with Gasteiger partial charge in [0.2, 0.25) is 0 Å². The zero-order chi connectivity index (χ0) is 29.6. The first-order valence-electron chi connectivity index (χ1n) is 15.6. The highest BCUT2D eigenvalue weighted by molar-refractivity contribution is 5.96. The molecule has 0 aromatic heterocycles. The molecule has 0 aromatic carbocycles. The van der Waals surface area contributed by atoms with Gasteiger partial charge < -0.3 is 25.1 Å². The van der Waals surface area contributed by atoms with Crippen LogP contribution in [0.3, 0.4) is 0 Å². The Balaban J connectivity index is 1.19. The Labute approximate surface area is 244 Å². The van der Waals surface area contributed by atoms with Crippen LogP contribution in [0.15, 0.2) is 16.8 Å². The number of oxime groups is 1. The number of amides is 1. The van der Waals surface area contributed by atoms with Gasteiger partial charge in [0.25, 0.3) is 5.91 Å². The van der Waals surface area contributed by atoms with Gasteiger partial charge in [-0.2, -0.15) is 0 Å². The lowest BCUT2D eigenvalue weighted by Crippen LogP contribution is -2.54. The van der Waals surface area contributed by atoms with Crippen molar-refractivity contribution in [2.75, 3.05) is 13.2 Å². The second kappa shape index (κ2) is 11.0. The van der Waals surface area contributed by atoms with Gasteiger partial charge in [0, 0.05) is 18.1 Å². The summed E-state index contributed by atoms with van der Waals surface area (Å²) in [6.45, 7) is 8.93. The van der Waals surface area contributed by atoms with Crippen molar-refractivity contribution in [1.82, 2.24) is 5.32 Å². The quantitative estimate of drug-likeness (QED) is 0.299. The highest BCUT2D eigenvalue weighted by Gasteiger charge is 2.63. The topological polar surface area (TPSA) is 117 Å². The minimum atomic E-state index is -0.981. The number of fused-ring (bicyclic) bond motifs is 5. The predicted octanol–water partition coefficient (Wildman–Crippen LogP) is 4.85. The monoisotopic (exact) mass is 568 g/mol. The molecule has 8 nitrogen and oxygen atoms in total. The van der Waals surface area contributed by atoms with E-state index in [0.717, 1.165) is 50.7 Å². The van der Waals surface area contributed by atoms with E-state index in [0.29, 0.717) is 43.6 Å². The predicted molar refractivity (Wildman–Crippen MR) is 156 cm³/mol. The van der Waals surface area contributed by atoms with E-state index < -0.39 is 17.6 Å². The summed E-state index contributed by atoms with van der Waals surface area (Å²) in [6.07, 6.45) is 17.0. The molecule has 0 aromatic rings. The smallest absolute Gasteiger partial charge is 0.305 e. The first kappa shape index (κ1) is 30.1. The highest BCUT2D eigenvalue weighted by atomic mass is 16.6. The normalized spacial score (nSPS) is 41.2. The molecule has 0 unspecified atom stereocenters. The number of carboxylic acids is 1. The van der Waals surface area contributed by atoms with E-state index in [1.54, 1.807) is 0 Å². The maximum Gasteiger partial charge on any atom is 0.305 e. The van der Waals surface area contributed by atoms with Crippen LogP contribution in [0.25, 0.3) is 0 Å². The molecule has 0 spiro atoms. The van der Waals surface area contributed by atoms with Crippen molar-refractivity contribution in [1.29, 1.82) is 0 Å². The van der Waals surface area contributed by atoms with Gasteiger partial charge in [0.1, 0.15) is 5.60 Å². The highest BCUT2D eigenvalue weighted by Crippen LogP contribution is 2.67. The molecule has 0 bridgehead atoms. The molecule has 3 saturated carbocycles. The summed E-state index contributed by atoms with van der Waals surface area (Å²) in [7, 11) is 0. The summed E-state index contributed by atoms with van der Waals surface area (Å²) >= 11 is 0. The fourth-order valence-corrected chi connectivity index (χ4v) is 9.46. The van der Waals surface area contributed by atoms with E-state index >= 15 is 0 Å². The van der Waals surface area contributed by atoms with Crippen LogP contribution < -0.4 is 5.32 Å². The van der Waals surface area contributed by atoms with Gasteiger partial charge in [-0.25, -0.2) is 0 Å². The average Bonchev–Trinajstić information content (AvgIpc) is 3.18. The summed E-state index contributed by atoms with van der Waals surface area (Å²) < 4.78 is 5.77. The molecular weight excluding hydrogens is 520 g/mol. The fourth-order valence-electron chi connectivity index (χ4n) is 9.46. The van der Waals surface area contributed by atoms with Gasteiger partial charge in [0.15, 0.2) is 6.61 Å². The molecule has 4 fully saturated rings. The van der Waals surface area contributed by atoms with Crippen molar-refractivity contribution in [3.8, 4) is 12.3 Å². The number of aliphatic hydroxyl groups is 1. The summed E-state index contributed by atoms with van der Waals surface area (Å²) in [6, 6.07) is -0.471. The number of hydrogen-bond acceptors (Lipinski definition) is 6. The van der Waals surface area contributed by atoms with Crippen molar-refractivity contribution in [2.24, 2.45) is 39.7 Å². The van der Waals surface area contributed by atoms with Crippen molar-refractivity contribution >= 4 is 17.6 Å². The molecule has 4 aliphatic carbocycles. The van der Waals surface area contributed by atoms with E-state index in [1.165, 1.54) is 5.57 Å². The van der Waals surface area contributed by atoms with Gasteiger partial charge in [-0.05, 0) is 113 Å². The fraction of sp³-hybridized carbons (Fsp3) is 0.788. The third-order valence-electron chi connectivity index (χ3n) is 11.8. The van der Waals surface area contributed by atoms with E-state index in [2.05, 4.69) is 36.3 Å². The molecule has 8 atom stereocenters. The van der Waals surface area contributed by atoms with Crippen LogP contribution in [0.2, 0.25) is 0 Å². The van der Waals surface area contributed by atoms with E-state index in [9.17, 15) is 19.8 Å². The van der Waals surface area contributed by atoms with Crippen LogP contribution in [-0.2, 0) is 19.2 Å². The van der Waals surface area contributed by atoms with Crippen LogP contribution in [0.5, 0.6) is 0 Å². The van der Waals surface area contributed by atoms with E-state index in [4.69, 9.17) is 16.0 Å². The molecule has 3 N–H and O–H groups in total. The summed E-state index contributed by atoms with van der Waals surface area (Å²) in [5.74, 6) is 3.14. The van der Waals surface area contributed by atoms with Crippen LogP contribution in [0.4, 0.5) is 0 Å². The van der Waals surface area contributed by atoms with Gasteiger partial charge >= 0.3 is 5.97 Å². The van der Waals surface area contributed by atoms with Crippen molar-refractivity contribution in [2.45, 2.75) is 116 Å². The number of ether oxygens (including phenoxy) is 1. The molecular formula is C33H48N2O6. The largest absolute Gasteiger partial charge is 0.481 e. The molecule has 8 heteroatoms. The molecule has 1 aliphatic heterocycles. The third kappa shape index (κ3) is 5.57. The van der Waals surface area contributed by atoms with Gasteiger partial charge in [-0.1, -0.05) is 30.5 Å². The summed E-state index contributed by atoms with van der Waals surface area (Å²) in [5, 5.41) is 27.9. The lowest BCUT2D eigenvalue weighted by molar-refractivity contribution is -0.139. The molecule has 0 radical (unpaired) electrons. The van der Waals surface area contributed by atoms with Crippen molar-refractivity contribution in [3.05, 3.63) is 11.6 Å². The summed E-state index contributed by atoms with van der Waals surface area (Å²) in [5.41, 5.74) is 0.883. The van der Waals surface area contributed by atoms with Gasteiger partial charge in [-0.3, -0.25) is 9.59 Å². The Morgan fingerprint density at radius 3 is 2.61 bits per heavy atom. The number of carboxylic acid groups (broad SMARTS) is 1. The molecule has 5 rings (SSSR count). The molecule has 1 heterocycles. The first-order chi connectivity index (χ1) is 19.3. The number of rotatable bonds is 7. The average molecular weight is 569 g/mol. The molecule has 41 heavy (non-hydrogen) atoms. The minimum absolute atomic E-state index is 0.0308. The maximum absolute atomic E-state index is 12.7. The Morgan fingerprint density at radius 1 is 1.15 bits per heavy atom. The van der Waals surface area contributed by atoms with E-state index in [-0.39, 0.29) is 41.3 Å². The number of allylic oxidation sites excluding steroid dienone is 2. The van der Waals surface area contributed by atoms with Crippen LogP contribution in [0, 0.1) is 46.8 Å². The lowest BCUT2D eigenvalue weighted by Gasteiger charge is -2.58. The second-order valence-corrected chi connectivity index (χ2v) is 14.5. The number of carbonyl (C=O) groups is 2. The third-order valence-corrected chi connectivity index (χ3v) is 11.8. The first-order valence-corrected chi connectivity index (χ1v) is 15.6. The van der Waals surface area contributed by atoms with Crippen molar-refractivity contribution in [3.63, 3.8) is 0 Å². The standard InChI is InChI=1S/C33H48N2O6/c1-6-33(39)15-11-26-24-8-7-22-17-23(9-13-31(22,4)25(24)10-14-32(26,33)5)35-41-20-28(36)34-27(18-29(37)38)21-12-16-40-30(2,3)19-21/h1,17,21,24-27,39H,7-16,18-20H2,2-5H3,(H,34,36)(H,37,38)/t21-,24+,25-,26+,27+,31-,32-,33-/m0/s1. The maximum atomic E-state index is 12.7. The molecule has 1 amide bonds. The number of nitrogens with one attached hydrogen (secondary N) is 1. The number of terminal acetylenes is 1. The summed E-state index contributed by atoms with van der Waals surface area (Å²) in [4.78, 5) is 29.7. The number of aliphatic carboxylic acids is 1. The zero-order valence-electron chi connectivity index (χ0n) is 25.2. The Morgan fingerprint density at radius 2 is 1.90 bits per heavy atom. The Hall–Kier alpha value is -2.37. The van der Waals surface area contributed by atoms with Gasteiger partial charge in [-0.15, -0.1) is 6.42 Å². The lowest BCUT2D eigenvalue weighted by atomic mass is 9.46. The Bertz CT molecular complexity index is 1150. The number of carbonyl (C=O) groups excluding carboxylic acids is 1. The Kier molecular flexibility index (Phi) is 8.10. The van der Waals surface area contributed by atoms with Gasteiger partial charge in [0.05, 0.1) is 17.7 Å². The van der Waals surface area contributed by atoms with Crippen LogP contribution >= 0.6 is 0 Å². The van der Waals surface area contributed by atoms with E-state index in [1.807, 2.05) is 13.8 Å².